The van der Waals surface area contributed by atoms with Gasteiger partial charge in [0.25, 0.3) is 0 Å². The summed E-state index contributed by atoms with van der Waals surface area (Å²) < 4.78 is 0. The second kappa shape index (κ2) is 12.1. The van der Waals surface area contributed by atoms with Crippen LogP contribution in [0.5, 0.6) is 0 Å². The molecule has 1 aliphatic rings. The average molecular weight is 468 g/mol. The van der Waals surface area contributed by atoms with Crippen LogP contribution in [-0.2, 0) is 23.6 Å². The molecule has 0 unspecified atom stereocenters. The van der Waals surface area contributed by atoms with Crippen LogP contribution in [0.15, 0.2) is 103 Å². The molecule has 0 saturated heterocycles. The number of rotatable bonds is 2. The zero-order valence-corrected chi connectivity index (χ0v) is 19.4. The standard InChI is InChI=1S/C19H13.C7H8O.2ClH.Ti/c1-2-8-14(9-3-1)19-17-12-6-4-10-15(17)16-11-5-7-13-18(16)19;8-6-7-4-2-1-3-5-7;;;/h1-8,10-13,19H;1-5,8H,6H2;2*1H;/q-1;;;;+2/p-2. The summed E-state index contributed by atoms with van der Waals surface area (Å²) in [6.07, 6.45) is 0. The Hall–Kier alpha value is -1.87. The molecule has 150 valence electrons. The molecule has 0 heterocycles. The summed E-state index contributed by atoms with van der Waals surface area (Å²) in [6.45, 7) is 0.140. The molecule has 30 heavy (non-hydrogen) atoms. The van der Waals surface area contributed by atoms with Crippen LogP contribution >= 0.6 is 18.6 Å². The fourth-order valence-corrected chi connectivity index (χ4v) is 3.66. The zero-order valence-electron chi connectivity index (χ0n) is 16.3. The summed E-state index contributed by atoms with van der Waals surface area (Å²) >= 11 is -0.556. The molecular formula is C26H21Cl2OTi-. The molecule has 0 aliphatic heterocycles. The van der Waals surface area contributed by atoms with Crippen molar-refractivity contribution in [1.29, 1.82) is 0 Å². The molecule has 0 radical (unpaired) electrons. The van der Waals surface area contributed by atoms with Crippen LogP contribution in [-0.4, -0.2) is 5.11 Å². The van der Waals surface area contributed by atoms with Crippen molar-refractivity contribution in [2.24, 2.45) is 0 Å². The molecule has 0 amide bonds. The van der Waals surface area contributed by atoms with Gasteiger partial charge in [-0.2, -0.15) is 35.9 Å². The topological polar surface area (TPSA) is 20.2 Å². The Kier molecular flexibility index (Phi) is 9.20. The van der Waals surface area contributed by atoms with E-state index >= 15 is 0 Å². The Balaban J connectivity index is 0.000000195. The Morgan fingerprint density at radius 3 is 1.67 bits per heavy atom. The van der Waals surface area contributed by atoms with Crippen LogP contribution in [0.2, 0.25) is 0 Å². The molecule has 5 rings (SSSR count). The van der Waals surface area contributed by atoms with Gasteiger partial charge in [-0.15, -0.1) is 0 Å². The Morgan fingerprint density at radius 1 is 0.700 bits per heavy atom. The maximum absolute atomic E-state index is 8.54. The number of halogens is 2. The molecule has 4 aromatic rings. The van der Waals surface area contributed by atoms with Crippen molar-refractivity contribution < 1.29 is 22.1 Å². The van der Waals surface area contributed by atoms with Gasteiger partial charge < -0.3 is 5.11 Å². The normalized spacial score (nSPS) is 11.2. The van der Waals surface area contributed by atoms with Crippen molar-refractivity contribution in [3.63, 3.8) is 0 Å². The van der Waals surface area contributed by atoms with Gasteiger partial charge >= 0.3 is 35.6 Å². The van der Waals surface area contributed by atoms with Gasteiger partial charge in [0.2, 0.25) is 0 Å². The number of benzene rings is 4. The third kappa shape index (κ3) is 5.63. The Labute approximate surface area is 195 Å². The minimum Gasteiger partial charge on any atom is -0.179 e. The van der Waals surface area contributed by atoms with Gasteiger partial charge in [0.05, 0.1) is 6.61 Å². The van der Waals surface area contributed by atoms with E-state index in [9.17, 15) is 0 Å². The van der Waals surface area contributed by atoms with Crippen molar-refractivity contribution in [2.75, 3.05) is 0 Å². The van der Waals surface area contributed by atoms with Gasteiger partial charge in [-0.1, -0.05) is 78.9 Å². The van der Waals surface area contributed by atoms with Gasteiger partial charge in [0.1, 0.15) is 0 Å². The largest absolute Gasteiger partial charge is 0.179 e. The van der Waals surface area contributed by atoms with Crippen LogP contribution in [0, 0.1) is 6.07 Å². The van der Waals surface area contributed by atoms with E-state index in [1.165, 1.54) is 27.8 Å². The first kappa shape index (κ1) is 22.8. The van der Waals surface area contributed by atoms with E-state index in [1.807, 2.05) is 42.5 Å². The fourth-order valence-electron chi connectivity index (χ4n) is 3.66. The van der Waals surface area contributed by atoms with E-state index in [4.69, 9.17) is 23.7 Å². The Bertz CT molecular complexity index is 993. The van der Waals surface area contributed by atoms with Crippen LogP contribution in [0.4, 0.5) is 0 Å². The van der Waals surface area contributed by atoms with E-state index < -0.39 is 17.0 Å². The van der Waals surface area contributed by atoms with Crippen LogP contribution in [0.25, 0.3) is 11.1 Å². The van der Waals surface area contributed by atoms with E-state index in [-0.39, 0.29) is 6.61 Å². The summed E-state index contributed by atoms with van der Waals surface area (Å²) in [6, 6.07) is 38.6. The monoisotopic (exact) mass is 467 g/mol. The van der Waals surface area contributed by atoms with E-state index in [1.54, 1.807) is 0 Å². The molecule has 1 aliphatic carbocycles. The quantitative estimate of drug-likeness (QED) is 0.215. The van der Waals surface area contributed by atoms with E-state index in [0.717, 1.165) is 5.56 Å². The summed E-state index contributed by atoms with van der Waals surface area (Å²) in [5.74, 6) is 0.327. The first-order valence-corrected chi connectivity index (χ1v) is 13.9. The fraction of sp³-hybridized carbons (Fsp3) is 0.0769. The molecule has 4 heteroatoms. The van der Waals surface area contributed by atoms with Crippen LogP contribution in [0.1, 0.15) is 28.2 Å². The summed E-state index contributed by atoms with van der Waals surface area (Å²) in [5.41, 5.74) is 7.73. The zero-order chi connectivity index (χ0) is 21.2. The molecule has 1 nitrogen and oxygen atoms in total. The van der Waals surface area contributed by atoms with Crippen molar-refractivity contribution in [3.8, 4) is 11.1 Å². The molecule has 0 atom stereocenters. The predicted octanol–water partition coefficient (Wildman–Crippen LogP) is 7.20. The first-order chi connectivity index (χ1) is 14.8. The molecule has 0 spiro atoms. The maximum atomic E-state index is 8.54. The van der Waals surface area contributed by atoms with E-state index in [2.05, 4.69) is 66.7 Å². The van der Waals surface area contributed by atoms with Crippen LogP contribution in [0.3, 0.4) is 0 Å². The molecule has 4 aromatic carbocycles. The summed E-state index contributed by atoms with van der Waals surface area (Å²) in [7, 11) is 9.78. The summed E-state index contributed by atoms with van der Waals surface area (Å²) in [5, 5.41) is 8.54. The number of fused-ring (bicyclic) bond motifs is 3. The van der Waals surface area contributed by atoms with Gasteiger partial charge in [-0.3, -0.25) is 0 Å². The summed E-state index contributed by atoms with van der Waals surface area (Å²) in [4.78, 5) is 0. The molecule has 1 N–H and O–H groups in total. The number of hydrogen-bond acceptors (Lipinski definition) is 1. The third-order valence-corrected chi connectivity index (χ3v) is 4.90. The predicted molar refractivity (Wildman–Crippen MR) is 122 cm³/mol. The maximum Gasteiger partial charge on any atom is 0.0127 e. The van der Waals surface area contributed by atoms with Gasteiger partial charge in [0, 0.05) is 5.92 Å². The minimum atomic E-state index is -0.556. The van der Waals surface area contributed by atoms with Gasteiger partial charge in [0.15, 0.2) is 0 Å². The number of hydrogen-bond donors (Lipinski definition) is 1. The first-order valence-electron chi connectivity index (χ1n) is 9.56. The van der Waals surface area contributed by atoms with Crippen molar-refractivity contribution in [2.45, 2.75) is 12.5 Å². The second-order valence-electron chi connectivity index (χ2n) is 6.64. The molecule has 0 bridgehead atoms. The second-order valence-corrected chi connectivity index (χ2v) is 9.22. The minimum absolute atomic E-state index is 0.140. The van der Waals surface area contributed by atoms with E-state index in [0.29, 0.717) is 5.92 Å². The molecular weight excluding hydrogens is 447 g/mol. The molecule has 0 saturated carbocycles. The van der Waals surface area contributed by atoms with Crippen molar-refractivity contribution in [3.05, 3.63) is 131 Å². The SMILES string of the molecule is OCc1ccccc1.[Cl][Ti][Cl].[c-]1ccccc1C1c2ccccc2-c2ccccc21. The number of aliphatic hydroxyl groups is 1. The molecule has 0 fully saturated rings. The van der Waals surface area contributed by atoms with Crippen molar-refractivity contribution >= 4 is 18.6 Å². The third-order valence-electron chi connectivity index (χ3n) is 4.90. The number of aliphatic hydroxyl groups excluding tert-OH is 1. The van der Waals surface area contributed by atoms with Crippen LogP contribution < -0.4 is 0 Å². The van der Waals surface area contributed by atoms with Gasteiger partial charge in [-0.05, 0) is 27.8 Å². The van der Waals surface area contributed by atoms with Crippen molar-refractivity contribution in [1.82, 2.24) is 0 Å². The average Bonchev–Trinajstić information content (AvgIpc) is 3.16. The van der Waals surface area contributed by atoms with Gasteiger partial charge in [-0.25, -0.2) is 0 Å². The Morgan fingerprint density at radius 2 is 1.20 bits per heavy atom. The molecule has 0 aromatic heterocycles. The smallest absolute Gasteiger partial charge is 0.0127 e.